The molecular weight excluding hydrogens is 324 g/mol. The first kappa shape index (κ1) is 15.3. The van der Waals surface area contributed by atoms with Gasteiger partial charge in [-0.25, -0.2) is 13.1 Å². The SMILES string of the molecule is C=CCN(CCOC)S(=O)(=O)c1c(Br)nnn1C. The van der Waals surface area contributed by atoms with E-state index in [0.717, 1.165) is 0 Å². The molecule has 0 aliphatic rings. The van der Waals surface area contributed by atoms with Crippen molar-refractivity contribution in [2.45, 2.75) is 5.03 Å². The van der Waals surface area contributed by atoms with Crippen LogP contribution in [-0.4, -0.2) is 54.5 Å². The van der Waals surface area contributed by atoms with Crippen molar-refractivity contribution >= 4 is 26.0 Å². The summed E-state index contributed by atoms with van der Waals surface area (Å²) >= 11 is 3.08. The molecule has 0 N–H and O–H groups in total. The lowest BCUT2D eigenvalue weighted by Crippen LogP contribution is -2.35. The Morgan fingerprint density at radius 1 is 1.61 bits per heavy atom. The van der Waals surface area contributed by atoms with E-state index in [1.54, 1.807) is 0 Å². The fourth-order valence-corrected chi connectivity index (χ4v) is 3.79. The predicted molar refractivity (Wildman–Crippen MR) is 69.5 cm³/mol. The summed E-state index contributed by atoms with van der Waals surface area (Å²) in [4.78, 5) is 0. The molecule has 1 aromatic rings. The number of aryl methyl sites for hydroxylation is 1. The Balaban J connectivity index is 3.12. The van der Waals surface area contributed by atoms with Crippen molar-refractivity contribution in [3.05, 3.63) is 17.3 Å². The van der Waals surface area contributed by atoms with Crippen molar-refractivity contribution in [1.29, 1.82) is 0 Å². The number of hydrogen-bond acceptors (Lipinski definition) is 5. The molecule has 0 fully saturated rings. The molecule has 7 nitrogen and oxygen atoms in total. The van der Waals surface area contributed by atoms with Gasteiger partial charge in [-0.15, -0.1) is 11.7 Å². The molecule has 0 aliphatic heterocycles. The molecule has 0 saturated heterocycles. The number of ether oxygens (including phenoxy) is 1. The van der Waals surface area contributed by atoms with Crippen LogP contribution in [0.4, 0.5) is 0 Å². The normalized spacial score (nSPS) is 12.0. The highest BCUT2D eigenvalue weighted by molar-refractivity contribution is 9.10. The number of sulfonamides is 1. The fourth-order valence-electron chi connectivity index (χ4n) is 1.37. The van der Waals surface area contributed by atoms with Gasteiger partial charge in [-0.3, -0.25) is 0 Å². The van der Waals surface area contributed by atoms with E-state index in [4.69, 9.17) is 4.74 Å². The molecule has 0 aliphatic carbocycles. The van der Waals surface area contributed by atoms with Crippen LogP contribution in [0.1, 0.15) is 0 Å². The van der Waals surface area contributed by atoms with E-state index < -0.39 is 10.0 Å². The molecule has 18 heavy (non-hydrogen) atoms. The summed E-state index contributed by atoms with van der Waals surface area (Å²) in [6.45, 7) is 4.29. The highest BCUT2D eigenvalue weighted by atomic mass is 79.9. The second-order valence-electron chi connectivity index (χ2n) is 3.45. The number of aromatic nitrogens is 3. The Kier molecular flexibility index (Phi) is 5.45. The summed E-state index contributed by atoms with van der Waals surface area (Å²) < 4.78 is 32.4. The van der Waals surface area contributed by atoms with Gasteiger partial charge in [0.05, 0.1) is 6.61 Å². The van der Waals surface area contributed by atoms with Crippen LogP contribution in [0.5, 0.6) is 0 Å². The number of methoxy groups -OCH3 is 1. The van der Waals surface area contributed by atoms with Crippen LogP contribution in [0.25, 0.3) is 0 Å². The molecule has 0 radical (unpaired) electrons. The maximum Gasteiger partial charge on any atom is 0.263 e. The average Bonchev–Trinajstić information content (AvgIpc) is 2.64. The van der Waals surface area contributed by atoms with Gasteiger partial charge in [0.15, 0.2) is 4.60 Å². The maximum atomic E-state index is 12.4. The molecule has 1 aromatic heterocycles. The minimum atomic E-state index is -3.68. The first-order valence-electron chi connectivity index (χ1n) is 5.10. The van der Waals surface area contributed by atoms with Crippen LogP contribution in [0.3, 0.4) is 0 Å². The molecule has 0 bridgehead atoms. The Morgan fingerprint density at radius 3 is 2.72 bits per heavy atom. The van der Waals surface area contributed by atoms with Gasteiger partial charge >= 0.3 is 0 Å². The maximum absolute atomic E-state index is 12.4. The van der Waals surface area contributed by atoms with Gasteiger partial charge in [0.25, 0.3) is 10.0 Å². The molecule has 1 heterocycles. The van der Waals surface area contributed by atoms with Crippen LogP contribution in [-0.2, 0) is 21.8 Å². The van der Waals surface area contributed by atoms with Gasteiger partial charge in [0.1, 0.15) is 0 Å². The zero-order chi connectivity index (χ0) is 13.8. The smallest absolute Gasteiger partial charge is 0.263 e. The van der Waals surface area contributed by atoms with E-state index in [1.807, 2.05) is 0 Å². The van der Waals surface area contributed by atoms with Gasteiger partial charge in [0, 0.05) is 27.2 Å². The van der Waals surface area contributed by atoms with Gasteiger partial charge in [0.2, 0.25) is 5.03 Å². The first-order chi connectivity index (χ1) is 8.45. The van der Waals surface area contributed by atoms with E-state index in [0.29, 0.717) is 6.61 Å². The van der Waals surface area contributed by atoms with E-state index in [-0.39, 0.29) is 22.7 Å². The first-order valence-corrected chi connectivity index (χ1v) is 7.33. The molecule has 1 rings (SSSR count). The van der Waals surface area contributed by atoms with E-state index in [2.05, 4.69) is 32.8 Å². The van der Waals surface area contributed by atoms with Crippen LogP contribution >= 0.6 is 15.9 Å². The van der Waals surface area contributed by atoms with E-state index in [9.17, 15) is 8.42 Å². The molecule has 0 atom stereocenters. The number of halogens is 1. The number of rotatable bonds is 7. The Morgan fingerprint density at radius 2 is 2.28 bits per heavy atom. The van der Waals surface area contributed by atoms with Gasteiger partial charge in [-0.2, -0.15) is 4.31 Å². The summed E-state index contributed by atoms with van der Waals surface area (Å²) in [7, 11) is -0.645. The van der Waals surface area contributed by atoms with Crippen LogP contribution in [0.2, 0.25) is 0 Å². The Labute approximate surface area is 115 Å². The van der Waals surface area contributed by atoms with Crippen LogP contribution < -0.4 is 0 Å². The third-order valence-electron chi connectivity index (χ3n) is 2.20. The lowest BCUT2D eigenvalue weighted by molar-refractivity contribution is 0.181. The third-order valence-corrected chi connectivity index (χ3v) is 4.95. The predicted octanol–water partition coefficient (Wildman–Crippen LogP) is 0.401. The summed E-state index contributed by atoms with van der Waals surface area (Å²) in [6.07, 6.45) is 1.52. The zero-order valence-electron chi connectivity index (χ0n) is 10.2. The zero-order valence-corrected chi connectivity index (χ0v) is 12.6. The van der Waals surface area contributed by atoms with E-state index in [1.165, 1.54) is 29.2 Å². The summed E-state index contributed by atoms with van der Waals surface area (Å²) in [5, 5.41) is 7.35. The lowest BCUT2D eigenvalue weighted by atomic mass is 10.6. The van der Waals surface area contributed by atoms with Crippen molar-refractivity contribution in [1.82, 2.24) is 19.3 Å². The van der Waals surface area contributed by atoms with Crippen molar-refractivity contribution in [3.8, 4) is 0 Å². The second-order valence-corrected chi connectivity index (χ2v) is 6.06. The molecule has 0 spiro atoms. The highest BCUT2D eigenvalue weighted by Crippen LogP contribution is 2.21. The summed E-state index contributed by atoms with van der Waals surface area (Å²) in [6, 6.07) is 0. The van der Waals surface area contributed by atoms with Gasteiger partial charge in [-0.1, -0.05) is 11.3 Å². The number of hydrogen-bond donors (Lipinski definition) is 0. The molecule has 0 aromatic carbocycles. The highest BCUT2D eigenvalue weighted by Gasteiger charge is 2.30. The molecule has 0 unspecified atom stereocenters. The van der Waals surface area contributed by atoms with Crippen molar-refractivity contribution in [2.75, 3.05) is 26.8 Å². The van der Waals surface area contributed by atoms with Crippen LogP contribution in [0, 0.1) is 0 Å². The minimum absolute atomic E-state index is 0.0143. The average molecular weight is 339 g/mol. The fraction of sp³-hybridized carbons (Fsp3) is 0.556. The standard InChI is InChI=1S/C9H15BrN4O3S/c1-4-5-14(6-7-17-3)18(15,16)9-8(10)11-12-13(9)2/h4H,1,5-7H2,2-3H3. The Hall–Kier alpha value is -0.770. The molecule has 0 saturated carbocycles. The van der Waals surface area contributed by atoms with Crippen molar-refractivity contribution in [2.24, 2.45) is 7.05 Å². The molecule has 9 heteroatoms. The minimum Gasteiger partial charge on any atom is -0.383 e. The van der Waals surface area contributed by atoms with Gasteiger partial charge in [-0.05, 0) is 15.9 Å². The topological polar surface area (TPSA) is 77.3 Å². The summed E-state index contributed by atoms with van der Waals surface area (Å²) in [5.74, 6) is 0. The van der Waals surface area contributed by atoms with Crippen molar-refractivity contribution in [3.63, 3.8) is 0 Å². The third kappa shape index (κ3) is 3.16. The largest absolute Gasteiger partial charge is 0.383 e. The Bertz CT molecular complexity index is 494. The van der Waals surface area contributed by atoms with Crippen LogP contribution in [0.15, 0.2) is 22.3 Å². The monoisotopic (exact) mass is 338 g/mol. The van der Waals surface area contributed by atoms with Crippen molar-refractivity contribution < 1.29 is 13.2 Å². The molecule has 0 amide bonds. The lowest BCUT2D eigenvalue weighted by Gasteiger charge is -2.19. The van der Waals surface area contributed by atoms with Gasteiger partial charge < -0.3 is 4.74 Å². The quantitative estimate of drug-likeness (QED) is 0.672. The number of nitrogens with zero attached hydrogens (tertiary/aromatic N) is 4. The van der Waals surface area contributed by atoms with E-state index >= 15 is 0 Å². The molecule has 102 valence electrons. The second kappa shape index (κ2) is 6.41. The molecular formula is C9H15BrN4O3S. The summed E-state index contributed by atoms with van der Waals surface area (Å²) in [5.41, 5.74) is 0.